The summed E-state index contributed by atoms with van der Waals surface area (Å²) in [5.41, 5.74) is 2.62. The number of anilines is 2. The molecule has 2 N–H and O–H groups in total. The Kier molecular flexibility index (Phi) is 4.58. The van der Waals surface area contributed by atoms with Gasteiger partial charge in [0.25, 0.3) is 0 Å². The fourth-order valence-electron chi connectivity index (χ4n) is 2.67. The molecule has 0 unspecified atom stereocenters. The molecule has 3 rings (SSSR count). The van der Waals surface area contributed by atoms with Crippen LogP contribution in [0.5, 0.6) is 0 Å². The normalized spacial score (nSPS) is 12.6. The number of hydrogen-bond donors (Lipinski definition) is 2. The molecule has 5 nitrogen and oxygen atoms in total. The smallest absolute Gasteiger partial charge is 0.341 e. The number of fused-ring (bicyclic) bond motifs is 1. The summed E-state index contributed by atoms with van der Waals surface area (Å²) in [6.45, 7) is 1.92. The number of rotatable bonds is 3. The van der Waals surface area contributed by atoms with Gasteiger partial charge in [0.15, 0.2) is 5.11 Å². The Balaban J connectivity index is 1.80. The molecule has 0 aliphatic heterocycles. The number of carbonyl (C=O) groups excluding carboxylic acids is 1. The van der Waals surface area contributed by atoms with E-state index in [-0.39, 0.29) is 5.97 Å². The molecule has 2 aromatic rings. The number of nitrogens with one attached hydrogen (secondary N) is 2. The van der Waals surface area contributed by atoms with Crippen molar-refractivity contribution < 1.29 is 9.53 Å². The van der Waals surface area contributed by atoms with Gasteiger partial charge >= 0.3 is 5.97 Å². The summed E-state index contributed by atoms with van der Waals surface area (Å²) in [5, 5.41) is 7.32. The first kappa shape index (κ1) is 15.9. The topological polar surface area (TPSA) is 63.2 Å². The van der Waals surface area contributed by atoms with Crippen LogP contribution in [0.25, 0.3) is 0 Å². The molecule has 0 amide bonds. The van der Waals surface area contributed by atoms with Crippen LogP contribution in [-0.2, 0) is 17.6 Å². The molecule has 0 saturated heterocycles. The number of thiophene rings is 1. The molecule has 0 spiro atoms. The van der Waals surface area contributed by atoms with E-state index in [1.807, 2.05) is 25.1 Å². The van der Waals surface area contributed by atoms with Crippen LogP contribution in [-0.4, -0.2) is 23.2 Å². The Morgan fingerprint density at radius 2 is 2.17 bits per heavy atom. The summed E-state index contributed by atoms with van der Waals surface area (Å²) in [6, 6.07) is 5.67. The number of ether oxygens (including phenoxy) is 1. The van der Waals surface area contributed by atoms with Gasteiger partial charge < -0.3 is 15.4 Å². The lowest BCUT2D eigenvalue weighted by Gasteiger charge is -2.11. The second-order valence-electron chi connectivity index (χ2n) is 5.30. The third kappa shape index (κ3) is 3.35. The minimum Gasteiger partial charge on any atom is -0.465 e. The Morgan fingerprint density at radius 3 is 2.91 bits per heavy atom. The quantitative estimate of drug-likeness (QED) is 0.654. The van der Waals surface area contributed by atoms with Gasteiger partial charge in [-0.2, -0.15) is 0 Å². The number of carbonyl (C=O) groups is 1. The Hall–Kier alpha value is -1.99. The number of esters is 1. The van der Waals surface area contributed by atoms with Gasteiger partial charge in [-0.25, -0.2) is 9.78 Å². The molecular formula is C16H17N3O2S2. The lowest BCUT2D eigenvalue weighted by atomic mass is 10.1. The maximum absolute atomic E-state index is 12.1. The maximum Gasteiger partial charge on any atom is 0.341 e. The highest BCUT2D eigenvalue weighted by molar-refractivity contribution is 7.80. The zero-order valence-corrected chi connectivity index (χ0v) is 14.6. The van der Waals surface area contributed by atoms with Gasteiger partial charge in [0.05, 0.1) is 12.7 Å². The van der Waals surface area contributed by atoms with Gasteiger partial charge in [-0.15, -0.1) is 11.3 Å². The Bertz CT molecular complexity index is 771. The molecule has 0 aromatic carbocycles. The summed E-state index contributed by atoms with van der Waals surface area (Å²) in [7, 11) is 1.40. The van der Waals surface area contributed by atoms with E-state index in [1.54, 1.807) is 11.3 Å². The SMILES string of the molecule is COC(=O)c1c(NC(=S)Nc2cccc(C)n2)sc2c1CCC2. The fraction of sp³-hybridized carbons (Fsp3) is 0.312. The van der Waals surface area contributed by atoms with Crippen LogP contribution in [0.4, 0.5) is 10.8 Å². The van der Waals surface area contributed by atoms with Crippen LogP contribution >= 0.6 is 23.6 Å². The van der Waals surface area contributed by atoms with Crippen LogP contribution in [0, 0.1) is 6.92 Å². The zero-order valence-electron chi connectivity index (χ0n) is 12.9. The van der Waals surface area contributed by atoms with E-state index < -0.39 is 0 Å². The van der Waals surface area contributed by atoms with E-state index in [2.05, 4.69) is 15.6 Å². The first-order chi connectivity index (χ1) is 11.1. The second kappa shape index (κ2) is 6.64. The number of hydrogen-bond acceptors (Lipinski definition) is 5. The molecule has 2 aromatic heterocycles. The summed E-state index contributed by atoms with van der Waals surface area (Å²) < 4.78 is 4.93. The number of nitrogens with zero attached hydrogens (tertiary/aromatic N) is 1. The van der Waals surface area contributed by atoms with Crippen LogP contribution in [0.2, 0.25) is 0 Å². The lowest BCUT2D eigenvalue weighted by Crippen LogP contribution is -2.21. The van der Waals surface area contributed by atoms with E-state index >= 15 is 0 Å². The summed E-state index contributed by atoms with van der Waals surface area (Å²) in [4.78, 5) is 17.7. The first-order valence-electron chi connectivity index (χ1n) is 7.33. The van der Waals surface area contributed by atoms with Crippen molar-refractivity contribution in [2.24, 2.45) is 0 Å². The molecular weight excluding hydrogens is 330 g/mol. The second-order valence-corrected chi connectivity index (χ2v) is 6.81. The average molecular weight is 347 g/mol. The van der Waals surface area contributed by atoms with Crippen molar-refractivity contribution in [1.29, 1.82) is 0 Å². The van der Waals surface area contributed by atoms with Crippen LogP contribution in [0.3, 0.4) is 0 Å². The molecule has 0 fully saturated rings. The van der Waals surface area contributed by atoms with E-state index in [0.29, 0.717) is 16.5 Å². The number of methoxy groups -OCH3 is 1. The van der Waals surface area contributed by atoms with Crippen molar-refractivity contribution in [2.75, 3.05) is 17.7 Å². The molecule has 2 heterocycles. The van der Waals surface area contributed by atoms with Gasteiger partial charge in [-0.3, -0.25) is 0 Å². The lowest BCUT2D eigenvalue weighted by molar-refractivity contribution is 0.0601. The monoisotopic (exact) mass is 347 g/mol. The van der Waals surface area contributed by atoms with Gasteiger partial charge in [0, 0.05) is 10.6 Å². The van der Waals surface area contributed by atoms with Crippen molar-refractivity contribution in [3.05, 3.63) is 39.9 Å². The number of pyridine rings is 1. The van der Waals surface area contributed by atoms with Crippen molar-refractivity contribution in [3.63, 3.8) is 0 Å². The van der Waals surface area contributed by atoms with Gasteiger partial charge in [0.1, 0.15) is 10.8 Å². The molecule has 0 saturated carbocycles. The van der Waals surface area contributed by atoms with Crippen molar-refractivity contribution in [3.8, 4) is 0 Å². The minimum absolute atomic E-state index is 0.316. The third-order valence-corrected chi connectivity index (χ3v) is 5.08. The van der Waals surface area contributed by atoms with Gasteiger partial charge in [-0.05, 0) is 56.1 Å². The predicted molar refractivity (Wildman–Crippen MR) is 96.5 cm³/mol. The molecule has 120 valence electrons. The predicted octanol–water partition coefficient (Wildman–Crippen LogP) is 3.54. The molecule has 1 aliphatic carbocycles. The van der Waals surface area contributed by atoms with Crippen molar-refractivity contribution in [1.82, 2.24) is 4.98 Å². The van der Waals surface area contributed by atoms with Crippen molar-refractivity contribution >= 4 is 45.5 Å². The zero-order chi connectivity index (χ0) is 16.4. The first-order valence-corrected chi connectivity index (χ1v) is 8.55. The number of thiocarbonyl (C=S) groups is 1. The van der Waals surface area contributed by atoms with E-state index in [4.69, 9.17) is 17.0 Å². The molecule has 1 aliphatic rings. The summed E-state index contributed by atoms with van der Waals surface area (Å²) in [6.07, 6.45) is 3.00. The van der Waals surface area contributed by atoms with Crippen LogP contribution < -0.4 is 10.6 Å². The Morgan fingerprint density at radius 1 is 1.35 bits per heavy atom. The molecule has 7 heteroatoms. The molecule has 23 heavy (non-hydrogen) atoms. The van der Waals surface area contributed by atoms with Gasteiger partial charge in [-0.1, -0.05) is 6.07 Å². The molecule has 0 bridgehead atoms. The highest BCUT2D eigenvalue weighted by Crippen LogP contribution is 2.39. The van der Waals surface area contributed by atoms with E-state index in [1.165, 1.54) is 12.0 Å². The minimum atomic E-state index is -0.316. The fourth-order valence-corrected chi connectivity index (χ4v) is 4.23. The largest absolute Gasteiger partial charge is 0.465 e. The van der Waals surface area contributed by atoms with Gasteiger partial charge in [0.2, 0.25) is 0 Å². The number of aromatic nitrogens is 1. The number of aryl methyl sites for hydroxylation is 2. The van der Waals surface area contributed by atoms with Crippen LogP contribution in [0.15, 0.2) is 18.2 Å². The summed E-state index contributed by atoms with van der Waals surface area (Å²) in [5.74, 6) is 0.356. The molecule has 0 radical (unpaired) electrons. The highest BCUT2D eigenvalue weighted by atomic mass is 32.1. The van der Waals surface area contributed by atoms with Crippen molar-refractivity contribution in [2.45, 2.75) is 26.2 Å². The summed E-state index contributed by atoms with van der Waals surface area (Å²) >= 11 is 6.92. The standard InChI is InChI=1S/C16H17N3O2S2/c1-9-5-3-8-12(17-9)18-16(22)19-14-13(15(20)21-2)10-6-4-7-11(10)23-14/h3,5,8H,4,6-7H2,1-2H3,(H2,17,18,19,22). The van der Waals surface area contributed by atoms with E-state index in [9.17, 15) is 4.79 Å². The average Bonchev–Trinajstić information content (AvgIpc) is 3.06. The Labute approximate surface area is 144 Å². The van der Waals surface area contributed by atoms with E-state index in [0.717, 1.165) is 35.5 Å². The third-order valence-electron chi connectivity index (χ3n) is 3.67. The molecule has 0 atom stereocenters. The maximum atomic E-state index is 12.1. The van der Waals surface area contributed by atoms with Crippen LogP contribution in [0.1, 0.15) is 32.9 Å². The highest BCUT2D eigenvalue weighted by Gasteiger charge is 2.27.